The lowest BCUT2D eigenvalue weighted by Crippen LogP contribution is -2.33. The summed E-state index contributed by atoms with van der Waals surface area (Å²) in [5.41, 5.74) is 7.86. The Morgan fingerprint density at radius 2 is 2.12 bits per heavy atom. The molecule has 0 bridgehead atoms. The van der Waals surface area contributed by atoms with Crippen LogP contribution in [0.5, 0.6) is 0 Å². The standard InChI is InChI=1S/C13H21N3/c1-3-16(11-6-4-5-7-11)13-8-12(14)10(2)9-15-13/h8-9,11H,3-7H2,1-2H3,(H2,14,15). The molecule has 1 aliphatic rings. The van der Waals surface area contributed by atoms with Crippen LogP contribution in [0.3, 0.4) is 0 Å². The maximum Gasteiger partial charge on any atom is 0.130 e. The number of rotatable bonds is 3. The summed E-state index contributed by atoms with van der Waals surface area (Å²) in [5.74, 6) is 1.04. The Balaban J connectivity index is 2.22. The molecule has 0 radical (unpaired) electrons. The molecule has 0 atom stereocenters. The highest BCUT2D eigenvalue weighted by Crippen LogP contribution is 2.28. The van der Waals surface area contributed by atoms with Crippen molar-refractivity contribution >= 4 is 11.5 Å². The average Bonchev–Trinajstić information content (AvgIpc) is 2.78. The number of aromatic nitrogens is 1. The van der Waals surface area contributed by atoms with E-state index in [-0.39, 0.29) is 0 Å². The molecule has 3 heteroatoms. The number of hydrogen-bond donors (Lipinski definition) is 1. The van der Waals surface area contributed by atoms with E-state index in [2.05, 4.69) is 16.8 Å². The molecule has 1 aliphatic carbocycles. The maximum atomic E-state index is 5.95. The molecular weight excluding hydrogens is 198 g/mol. The summed E-state index contributed by atoms with van der Waals surface area (Å²) in [5, 5.41) is 0. The molecule has 0 unspecified atom stereocenters. The van der Waals surface area contributed by atoms with Crippen molar-refractivity contribution in [3.05, 3.63) is 17.8 Å². The third kappa shape index (κ3) is 2.13. The summed E-state index contributed by atoms with van der Waals surface area (Å²) in [6.07, 6.45) is 7.17. The second-order valence-corrected chi connectivity index (χ2v) is 4.62. The third-order valence-electron chi connectivity index (χ3n) is 3.53. The predicted octanol–water partition coefficient (Wildman–Crippen LogP) is 2.74. The van der Waals surface area contributed by atoms with Crippen LogP contribution in [0.1, 0.15) is 38.2 Å². The number of nitrogens with zero attached hydrogens (tertiary/aromatic N) is 2. The first-order valence-corrected chi connectivity index (χ1v) is 6.21. The first-order valence-electron chi connectivity index (χ1n) is 6.21. The Labute approximate surface area is 97.7 Å². The number of pyridine rings is 1. The molecule has 3 nitrogen and oxygen atoms in total. The van der Waals surface area contributed by atoms with Crippen LogP contribution < -0.4 is 10.6 Å². The maximum absolute atomic E-state index is 5.95. The molecule has 0 saturated heterocycles. The molecule has 1 aromatic rings. The summed E-state index contributed by atoms with van der Waals surface area (Å²) in [7, 11) is 0. The number of nitrogens with two attached hydrogens (primary N) is 1. The molecule has 1 fully saturated rings. The van der Waals surface area contributed by atoms with Crippen LogP contribution in [-0.4, -0.2) is 17.6 Å². The Morgan fingerprint density at radius 1 is 1.44 bits per heavy atom. The number of anilines is 2. The fourth-order valence-electron chi connectivity index (χ4n) is 2.51. The van der Waals surface area contributed by atoms with Crippen molar-refractivity contribution in [3.63, 3.8) is 0 Å². The van der Waals surface area contributed by atoms with E-state index in [1.54, 1.807) is 0 Å². The minimum atomic E-state index is 0.666. The smallest absolute Gasteiger partial charge is 0.130 e. The highest BCUT2D eigenvalue weighted by Gasteiger charge is 2.22. The number of nitrogen functional groups attached to an aromatic ring is 1. The van der Waals surface area contributed by atoms with Crippen molar-refractivity contribution in [1.82, 2.24) is 4.98 Å². The summed E-state index contributed by atoms with van der Waals surface area (Å²) in [4.78, 5) is 6.89. The van der Waals surface area contributed by atoms with Gasteiger partial charge < -0.3 is 10.6 Å². The van der Waals surface area contributed by atoms with Gasteiger partial charge in [0.2, 0.25) is 0 Å². The minimum Gasteiger partial charge on any atom is -0.398 e. The Morgan fingerprint density at radius 3 is 2.69 bits per heavy atom. The molecule has 2 rings (SSSR count). The Bertz CT molecular complexity index is 356. The lowest BCUT2D eigenvalue weighted by atomic mass is 10.2. The van der Waals surface area contributed by atoms with E-state index in [0.29, 0.717) is 6.04 Å². The van der Waals surface area contributed by atoms with Gasteiger partial charge in [-0.1, -0.05) is 12.8 Å². The van der Waals surface area contributed by atoms with E-state index in [4.69, 9.17) is 5.73 Å². The number of aryl methyl sites for hydroxylation is 1. The second-order valence-electron chi connectivity index (χ2n) is 4.62. The molecule has 0 aliphatic heterocycles. The lowest BCUT2D eigenvalue weighted by Gasteiger charge is -2.29. The van der Waals surface area contributed by atoms with Crippen LogP contribution in [0.25, 0.3) is 0 Å². The van der Waals surface area contributed by atoms with Crippen molar-refractivity contribution in [2.45, 2.75) is 45.6 Å². The quantitative estimate of drug-likeness (QED) is 0.850. The van der Waals surface area contributed by atoms with Crippen molar-refractivity contribution in [2.24, 2.45) is 0 Å². The molecule has 2 N–H and O–H groups in total. The average molecular weight is 219 g/mol. The topological polar surface area (TPSA) is 42.1 Å². The Kier molecular flexibility index (Phi) is 3.32. The van der Waals surface area contributed by atoms with Crippen LogP contribution in [-0.2, 0) is 0 Å². The molecule has 1 aromatic heterocycles. The molecule has 16 heavy (non-hydrogen) atoms. The summed E-state index contributed by atoms with van der Waals surface area (Å²) >= 11 is 0. The van der Waals surface area contributed by atoms with E-state index in [0.717, 1.165) is 23.6 Å². The van der Waals surface area contributed by atoms with E-state index < -0.39 is 0 Å². The molecule has 88 valence electrons. The van der Waals surface area contributed by atoms with Crippen molar-refractivity contribution in [3.8, 4) is 0 Å². The molecule has 0 spiro atoms. The van der Waals surface area contributed by atoms with Gasteiger partial charge in [-0.05, 0) is 32.3 Å². The van der Waals surface area contributed by atoms with Gasteiger partial charge in [-0.25, -0.2) is 4.98 Å². The van der Waals surface area contributed by atoms with E-state index in [1.807, 2.05) is 19.2 Å². The molecular formula is C13H21N3. The van der Waals surface area contributed by atoms with Gasteiger partial charge >= 0.3 is 0 Å². The van der Waals surface area contributed by atoms with Gasteiger partial charge in [0, 0.05) is 30.5 Å². The largest absolute Gasteiger partial charge is 0.398 e. The predicted molar refractivity (Wildman–Crippen MR) is 68.7 cm³/mol. The van der Waals surface area contributed by atoms with Crippen molar-refractivity contribution in [1.29, 1.82) is 0 Å². The van der Waals surface area contributed by atoms with E-state index in [1.165, 1.54) is 25.7 Å². The fourth-order valence-corrected chi connectivity index (χ4v) is 2.51. The van der Waals surface area contributed by atoms with Gasteiger partial charge in [-0.3, -0.25) is 0 Å². The van der Waals surface area contributed by atoms with E-state index in [9.17, 15) is 0 Å². The SMILES string of the molecule is CCN(c1cc(N)c(C)cn1)C1CCCC1. The van der Waals surface area contributed by atoms with Crippen LogP contribution in [0.2, 0.25) is 0 Å². The molecule has 0 amide bonds. The zero-order valence-electron chi connectivity index (χ0n) is 10.2. The third-order valence-corrected chi connectivity index (χ3v) is 3.53. The second kappa shape index (κ2) is 4.73. The fraction of sp³-hybridized carbons (Fsp3) is 0.615. The zero-order valence-corrected chi connectivity index (χ0v) is 10.2. The zero-order chi connectivity index (χ0) is 11.5. The highest BCUT2D eigenvalue weighted by atomic mass is 15.2. The minimum absolute atomic E-state index is 0.666. The first kappa shape index (κ1) is 11.2. The van der Waals surface area contributed by atoms with Gasteiger partial charge in [-0.15, -0.1) is 0 Å². The van der Waals surface area contributed by atoms with Crippen molar-refractivity contribution < 1.29 is 0 Å². The van der Waals surface area contributed by atoms with Gasteiger partial charge in [0.25, 0.3) is 0 Å². The van der Waals surface area contributed by atoms with E-state index >= 15 is 0 Å². The molecule has 1 heterocycles. The summed E-state index contributed by atoms with van der Waals surface area (Å²) < 4.78 is 0. The molecule has 0 aromatic carbocycles. The van der Waals surface area contributed by atoms with Crippen LogP contribution in [0.4, 0.5) is 11.5 Å². The Hall–Kier alpha value is -1.25. The van der Waals surface area contributed by atoms with Crippen LogP contribution in [0.15, 0.2) is 12.3 Å². The highest BCUT2D eigenvalue weighted by molar-refractivity contribution is 5.55. The lowest BCUT2D eigenvalue weighted by molar-refractivity contribution is 0.613. The van der Waals surface area contributed by atoms with Gasteiger partial charge in [-0.2, -0.15) is 0 Å². The molecule has 1 saturated carbocycles. The monoisotopic (exact) mass is 219 g/mol. The van der Waals surface area contributed by atoms with Crippen LogP contribution in [0, 0.1) is 6.92 Å². The number of hydrogen-bond acceptors (Lipinski definition) is 3. The van der Waals surface area contributed by atoms with Crippen molar-refractivity contribution in [2.75, 3.05) is 17.2 Å². The van der Waals surface area contributed by atoms with Crippen LogP contribution >= 0.6 is 0 Å². The summed E-state index contributed by atoms with van der Waals surface area (Å²) in [6, 6.07) is 2.68. The van der Waals surface area contributed by atoms with Gasteiger partial charge in [0.05, 0.1) is 0 Å². The normalized spacial score (nSPS) is 16.6. The summed E-state index contributed by atoms with van der Waals surface area (Å²) in [6.45, 7) is 5.20. The first-order chi connectivity index (χ1) is 7.72. The van der Waals surface area contributed by atoms with Gasteiger partial charge in [0.15, 0.2) is 0 Å². The van der Waals surface area contributed by atoms with Gasteiger partial charge in [0.1, 0.15) is 5.82 Å².